The van der Waals surface area contributed by atoms with Crippen LogP contribution >= 0.6 is 12.4 Å². The maximum absolute atomic E-state index is 11.7. The number of halogens is 1. The Kier molecular flexibility index (Phi) is 9.44. The highest BCUT2D eigenvalue weighted by molar-refractivity contribution is 5.85. The molecule has 0 aliphatic carbocycles. The molecule has 1 unspecified atom stereocenters. The molecule has 1 heterocycles. The Morgan fingerprint density at radius 2 is 2.18 bits per heavy atom. The predicted molar refractivity (Wildman–Crippen MR) is 68.6 cm³/mol. The van der Waals surface area contributed by atoms with Crippen molar-refractivity contribution in [1.82, 2.24) is 10.2 Å². The molecular formula is C11H23ClN2O3. The highest BCUT2D eigenvalue weighted by Gasteiger charge is 2.22. The van der Waals surface area contributed by atoms with Gasteiger partial charge in [-0.25, -0.2) is 0 Å². The number of hydrogen-bond donors (Lipinski definition) is 1. The van der Waals surface area contributed by atoms with Crippen molar-refractivity contribution in [3.63, 3.8) is 0 Å². The van der Waals surface area contributed by atoms with Crippen molar-refractivity contribution in [2.75, 3.05) is 47.1 Å². The molecule has 1 fully saturated rings. The lowest BCUT2D eigenvalue weighted by atomic mass is 10.2. The molecule has 1 N–H and O–H groups in total. The van der Waals surface area contributed by atoms with Crippen LogP contribution < -0.4 is 5.32 Å². The van der Waals surface area contributed by atoms with Crippen LogP contribution in [-0.2, 0) is 14.3 Å². The standard InChI is InChI=1S/C11H22N2O3.ClH/c1-13(10-3-5-12-9-10)11(14)4-6-16-8-7-15-2;/h10,12H,3-9H2,1-2H3;1H. The molecule has 0 aromatic heterocycles. The molecule has 1 rings (SSSR count). The lowest BCUT2D eigenvalue weighted by Gasteiger charge is -2.23. The van der Waals surface area contributed by atoms with Gasteiger partial charge < -0.3 is 19.7 Å². The number of nitrogens with one attached hydrogen (secondary N) is 1. The van der Waals surface area contributed by atoms with Crippen LogP contribution in [0.15, 0.2) is 0 Å². The molecule has 1 saturated heterocycles. The molecule has 0 bridgehead atoms. The van der Waals surface area contributed by atoms with Crippen LogP contribution in [0.3, 0.4) is 0 Å². The second-order valence-electron chi connectivity index (χ2n) is 4.01. The summed E-state index contributed by atoms with van der Waals surface area (Å²) >= 11 is 0. The minimum Gasteiger partial charge on any atom is -0.382 e. The van der Waals surface area contributed by atoms with Gasteiger partial charge in [0.15, 0.2) is 0 Å². The molecule has 0 radical (unpaired) electrons. The van der Waals surface area contributed by atoms with Gasteiger partial charge in [0.1, 0.15) is 0 Å². The largest absolute Gasteiger partial charge is 0.382 e. The quantitative estimate of drug-likeness (QED) is 0.673. The van der Waals surface area contributed by atoms with Gasteiger partial charge in [-0.1, -0.05) is 0 Å². The molecule has 5 nitrogen and oxygen atoms in total. The molecule has 0 aromatic carbocycles. The second kappa shape index (κ2) is 9.65. The fourth-order valence-corrected chi connectivity index (χ4v) is 1.75. The molecule has 1 aliphatic heterocycles. The van der Waals surface area contributed by atoms with Crippen LogP contribution in [0, 0.1) is 0 Å². The first kappa shape index (κ1) is 16.6. The average molecular weight is 267 g/mol. The number of methoxy groups -OCH3 is 1. The number of carbonyl (C=O) groups excluding carboxylic acids is 1. The number of likely N-dealkylation sites (N-methyl/N-ethyl adjacent to an activating group) is 1. The molecule has 1 aliphatic rings. The average Bonchev–Trinajstić information content (AvgIpc) is 2.81. The van der Waals surface area contributed by atoms with Crippen molar-refractivity contribution in [3.8, 4) is 0 Å². The van der Waals surface area contributed by atoms with Gasteiger partial charge in [-0.15, -0.1) is 12.4 Å². The number of ether oxygens (including phenoxy) is 2. The van der Waals surface area contributed by atoms with E-state index in [-0.39, 0.29) is 18.3 Å². The first-order chi connectivity index (χ1) is 7.75. The maximum atomic E-state index is 11.7. The molecule has 0 saturated carbocycles. The van der Waals surface area contributed by atoms with Crippen molar-refractivity contribution < 1.29 is 14.3 Å². The normalized spacial score (nSPS) is 18.8. The Bertz CT molecular complexity index is 211. The Morgan fingerprint density at radius 1 is 1.41 bits per heavy atom. The third kappa shape index (κ3) is 6.21. The van der Waals surface area contributed by atoms with Crippen molar-refractivity contribution in [2.24, 2.45) is 0 Å². The Morgan fingerprint density at radius 3 is 2.76 bits per heavy atom. The van der Waals surface area contributed by atoms with E-state index in [0.29, 0.717) is 32.3 Å². The third-order valence-corrected chi connectivity index (χ3v) is 2.87. The molecule has 1 atom stereocenters. The molecule has 17 heavy (non-hydrogen) atoms. The topological polar surface area (TPSA) is 50.8 Å². The summed E-state index contributed by atoms with van der Waals surface area (Å²) in [4.78, 5) is 13.6. The van der Waals surface area contributed by atoms with Crippen molar-refractivity contribution in [2.45, 2.75) is 18.9 Å². The van der Waals surface area contributed by atoms with Crippen LogP contribution in [0.25, 0.3) is 0 Å². The summed E-state index contributed by atoms with van der Waals surface area (Å²) in [6.45, 7) is 3.53. The Hall–Kier alpha value is -0.360. The number of hydrogen-bond acceptors (Lipinski definition) is 4. The first-order valence-electron chi connectivity index (χ1n) is 5.78. The van der Waals surface area contributed by atoms with Gasteiger partial charge in [0.2, 0.25) is 5.91 Å². The Labute approximate surface area is 109 Å². The summed E-state index contributed by atoms with van der Waals surface area (Å²) in [5.41, 5.74) is 0. The molecule has 0 aromatic rings. The summed E-state index contributed by atoms with van der Waals surface area (Å²) < 4.78 is 10.1. The molecule has 102 valence electrons. The van der Waals surface area contributed by atoms with Crippen LogP contribution in [0.4, 0.5) is 0 Å². The molecular weight excluding hydrogens is 244 g/mol. The Balaban J connectivity index is 0.00000256. The van der Waals surface area contributed by atoms with Crippen molar-refractivity contribution in [3.05, 3.63) is 0 Å². The van der Waals surface area contributed by atoms with Gasteiger partial charge in [-0.3, -0.25) is 4.79 Å². The number of carbonyl (C=O) groups is 1. The van der Waals surface area contributed by atoms with Gasteiger partial charge in [0.25, 0.3) is 0 Å². The number of rotatable bonds is 7. The smallest absolute Gasteiger partial charge is 0.224 e. The van der Waals surface area contributed by atoms with Crippen LogP contribution in [0.5, 0.6) is 0 Å². The maximum Gasteiger partial charge on any atom is 0.224 e. The zero-order chi connectivity index (χ0) is 11.8. The van der Waals surface area contributed by atoms with Crippen LogP contribution in [0.2, 0.25) is 0 Å². The summed E-state index contributed by atoms with van der Waals surface area (Å²) in [7, 11) is 3.50. The van der Waals surface area contributed by atoms with E-state index < -0.39 is 0 Å². The zero-order valence-electron chi connectivity index (χ0n) is 10.6. The number of amides is 1. The van der Waals surface area contributed by atoms with Gasteiger partial charge in [-0.05, 0) is 13.0 Å². The first-order valence-corrected chi connectivity index (χ1v) is 5.78. The fraction of sp³-hybridized carbons (Fsp3) is 0.909. The molecule has 0 spiro atoms. The highest BCUT2D eigenvalue weighted by atomic mass is 35.5. The summed E-state index contributed by atoms with van der Waals surface area (Å²) in [6.07, 6.45) is 1.50. The molecule has 1 amide bonds. The van der Waals surface area contributed by atoms with Gasteiger partial charge >= 0.3 is 0 Å². The van der Waals surface area contributed by atoms with E-state index in [2.05, 4.69) is 5.32 Å². The predicted octanol–water partition coefficient (Wildman–Crippen LogP) is 0.282. The minimum atomic E-state index is 0. The lowest BCUT2D eigenvalue weighted by Crippen LogP contribution is -2.38. The van der Waals surface area contributed by atoms with E-state index >= 15 is 0 Å². The highest BCUT2D eigenvalue weighted by Crippen LogP contribution is 2.07. The van der Waals surface area contributed by atoms with Gasteiger partial charge in [-0.2, -0.15) is 0 Å². The van der Waals surface area contributed by atoms with Gasteiger partial charge in [0.05, 0.1) is 26.2 Å². The zero-order valence-corrected chi connectivity index (χ0v) is 11.4. The van der Waals surface area contributed by atoms with Crippen LogP contribution in [-0.4, -0.2) is 63.9 Å². The van der Waals surface area contributed by atoms with E-state index in [4.69, 9.17) is 9.47 Å². The fourth-order valence-electron chi connectivity index (χ4n) is 1.75. The van der Waals surface area contributed by atoms with Crippen molar-refractivity contribution in [1.29, 1.82) is 0 Å². The minimum absolute atomic E-state index is 0. The van der Waals surface area contributed by atoms with E-state index in [1.807, 2.05) is 11.9 Å². The summed E-state index contributed by atoms with van der Waals surface area (Å²) in [5.74, 6) is 0.158. The molecule has 6 heteroatoms. The van der Waals surface area contributed by atoms with E-state index in [0.717, 1.165) is 19.5 Å². The van der Waals surface area contributed by atoms with E-state index in [1.54, 1.807) is 7.11 Å². The van der Waals surface area contributed by atoms with Crippen LogP contribution in [0.1, 0.15) is 12.8 Å². The van der Waals surface area contributed by atoms with Crippen molar-refractivity contribution >= 4 is 18.3 Å². The summed E-state index contributed by atoms with van der Waals surface area (Å²) in [6, 6.07) is 0.353. The SMILES string of the molecule is COCCOCCC(=O)N(C)C1CCNC1.Cl. The third-order valence-electron chi connectivity index (χ3n) is 2.87. The number of nitrogens with zero attached hydrogens (tertiary/aromatic N) is 1. The monoisotopic (exact) mass is 266 g/mol. The lowest BCUT2D eigenvalue weighted by molar-refractivity contribution is -0.132. The summed E-state index contributed by atoms with van der Waals surface area (Å²) in [5, 5.41) is 3.25. The van der Waals surface area contributed by atoms with E-state index in [1.165, 1.54) is 0 Å². The van der Waals surface area contributed by atoms with Gasteiger partial charge in [0, 0.05) is 26.7 Å². The van der Waals surface area contributed by atoms with E-state index in [9.17, 15) is 4.79 Å². The second-order valence-corrected chi connectivity index (χ2v) is 4.01.